The van der Waals surface area contributed by atoms with Crippen molar-refractivity contribution in [1.82, 2.24) is 0 Å². The van der Waals surface area contributed by atoms with Gasteiger partial charge in [0.2, 0.25) is 0 Å². The Kier molecular flexibility index (Phi) is 7.16. The van der Waals surface area contributed by atoms with Crippen LogP contribution in [0.1, 0.15) is 68.2 Å². The topological polar surface area (TPSA) is 63.6 Å². The molecule has 0 saturated heterocycles. The van der Waals surface area contributed by atoms with Crippen molar-refractivity contribution in [3.05, 3.63) is 35.4 Å². The van der Waals surface area contributed by atoms with E-state index in [0.717, 1.165) is 17.3 Å². The van der Waals surface area contributed by atoms with Gasteiger partial charge >= 0.3 is 11.9 Å². The minimum atomic E-state index is -0.923. The summed E-state index contributed by atoms with van der Waals surface area (Å²) in [6.45, 7) is 3.64. The minimum Gasteiger partial charge on any atom is -0.480 e. The molecule has 1 N–H and O–H groups in total. The van der Waals surface area contributed by atoms with Gasteiger partial charge in [0.1, 0.15) is 10.5 Å². The molecular formula is C19H26O4S. The van der Waals surface area contributed by atoms with Crippen LogP contribution in [0.3, 0.4) is 0 Å². The number of carboxylic acid groups (broad SMARTS) is 1. The maximum absolute atomic E-state index is 12.3. The van der Waals surface area contributed by atoms with Gasteiger partial charge in [0.25, 0.3) is 0 Å². The predicted octanol–water partition coefficient (Wildman–Crippen LogP) is 4.54. The highest BCUT2D eigenvalue weighted by molar-refractivity contribution is 8.01. The van der Waals surface area contributed by atoms with Crippen molar-refractivity contribution in [2.75, 3.05) is 6.61 Å². The second-order valence-electron chi connectivity index (χ2n) is 6.25. The van der Waals surface area contributed by atoms with Crippen LogP contribution in [0.4, 0.5) is 0 Å². The van der Waals surface area contributed by atoms with Crippen molar-refractivity contribution in [2.24, 2.45) is 0 Å². The molecule has 2 rings (SSSR count). The first-order chi connectivity index (χ1) is 11.5. The maximum Gasteiger partial charge on any atom is 0.323 e. The lowest BCUT2D eigenvalue weighted by molar-refractivity contribution is -0.142. The predicted molar refractivity (Wildman–Crippen MR) is 96.3 cm³/mol. The van der Waals surface area contributed by atoms with E-state index in [9.17, 15) is 9.59 Å². The number of carbonyl (C=O) groups is 2. The number of benzene rings is 1. The maximum atomic E-state index is 12.3. The van der Waals surface area contributed by atoms with Crippen LogP contribution in [0.15, 0.2) is 24.3 Å². The van der Waals surface area contributed by atoms with E-state index in [-0.39, 0.29) is 12.6 Å². The summed E-state index contributed by atoms with van der Waals surface area (Å²) in [5.74, 6) is -0.686. The normalized spacial score (nSPS) is 17.9. The van der Waals surface area contributed by atoms with Gasteiger partial charge in [0.05, 0.1) is 6.61 Å². The Morgan fingerprint density at radius 3 is 2.38 bits per heavy atom. The SMILES string of the molecule is CCOC(=O)C(SC(C)C(=O)O)c1ccc(C2CCCCC2)cc1. The number of thioether (sulfide) groups is 1. The van der Waals surface area contributed by atoms with Crippen LogP contribution in [0, 0.1) is 0 Å². The molecule has 1 saturated carbocycles. The zero-order valence-electron chi connectivity index (χ0n) is 14.4. The molecule has 1 aromatic rings. The Morgan fingerprint density at radius 1 is 1.21 bits per heavy atom. The van der Waals surface area contributed by atoms with E-state index >= 15 is 0 Å². The highest BCUT2D eigenvalue weighted by Gasteiger charge is 2.28. The van der Waals surface area contributed by atoms with Gasteiger partial charge in [-0.1, -0.05) is 43.5 Å². The molecule has 1 fully saturated rings. The third kappa shape index (κ3) is 5.00. The second-order valence-corrected chi connectivity index (χ2v) is 7.70. The van der Waals surface area contributed by atoms with Gasteiger partial charge in [-0.05, 0) is 43.7 Å². The molecule has 0 radical (unpaired) electrons. The van der Waals surface area contributed by atoms with Crippen molar-refractivity contribution >= 4 is 23.7 Å². The number of aliphatic carboxylic acids is 1. The van der Waals surface area contributed by atoms with Crippen molar-refractivity contribution < 1.29 is 19.4 Å². The summed E-state index contributed by atoms with van der Waals surface area (Å²) < 4.78 is 5.13. The molecule has 4 nitrogen and oxygen atoms in total. The number of esters is 1. The highest BCUT2D eigenvalue weighted by atomic mass is 32.2. The lowest BCUT2D eigenvalue weighted by Crippen LogP contribution is -2.20. The quantitative estimate of drug-likeness (QED) is 0.731. The molecule has 0 spiro atoms. The molecule has 5 heteroatoms. The fourth-order valence-electron chi connectivity index (χ4n) is 3.13. The molecule has 132 valence electrons. The molecule has 0 heterocycles. The van der Waals surface area contributed by atoms with E-state index in [2.05, 4.69) is 12.1 Å². The van der Waals surface area contributed by atoms with Crippen LogP contribution < -0.4 is 0 Å². The van der Waals surface area contributed by atoms with Crippen LogP contribution >= 0.6 is 11.8 Å². The van der Waals surface area contributed by atoms with Gasteiger partial charge in [0, 0.05) is 0 Å². The third-order valence-electron chi connectivity index (χ3n) is 4.50. The highest BCUT2D eigenvalue weighted by Crippen LogP contribution is 2.36. The van der Waals surface area contributed by atoms with Crippen LogP contribution in [0.5, 0.6) is 0 Å². The summed E-state index contributed by atoms with van der Waals surface area (Å²) in [6, 6.07) is 8.08. The molecule has 1 aromatic carbocycles. The average Bonchev–Trinajstić information content (AvgIpc) is 2.60. The summed E-state index contributed by atoms with van der Waals surface area (Å²) in [4.78, 5) is 23.4. The third-order valence-corrected chi connectivity index (χ3v) is 5.85. The monoisotopic (exact) mass is 350 g/mol. The van der Waals surface area contributed by atoms with E-state index in [4.69, 9.17) is 9.84 Å². The Balaban J connectivity index is 2.15. The van der Waals surface area contributed by atoms with E-state index in [0.29, 0.717) is 5.92 Å². The summed E-state index contributed by atoms with van der Waals surface area (Å²) in [7, 11) is 0. The molecule has 2 atom stereocenters. The van der Waals surface area contributed by atoms with Gasteiger partial charge in [-0.25, -0.2) is 0 Å². The van der Waals surface area contributed by atoms with E-state index < -0.39 is 16.5 Å². The second kappa shape index (κ2) is 9.11. The standard InChI is InChI=1S/C19H26O4S/c1-3-23-19(22)17(24-13(2)18(20)21)16-11-9-15(10-12-16)14-7-5-4-6-8-14/h9-14,17H,3-8H2,1-2H3,(H,20,21). The summed E-state index contributed by atoms with van der Waals surface area (Å²) in [5, 5.41) is 7.86. The van der Waals surface area contributed by atoms with Crippen LogP contribution in [-0.4, -0.2) is 28.9 Å². The van der Waals surface area contributed by atoms with Gasteiger partial charge in [-0.15, -0.1) is 11.8 Å². The first-order valence-electron chi connectivity index (χ1n) is 8.67. The number of carbonyl (C=O) groups excluding carboxylic acids is 1. The summed E-state index contributed by atoms with van der Waals surface area (Å²) >= 11 is 1.12. The van der Waals surface area contributed by atoms with Gasteiger partial charge in [0.15, 0.2) is 0 Å². The van der Waals surface area contributed by atoms with Crippen LogP contribution in [-0.2, 0) is 14.3 Å². The molecule has 0 aliphatic heterocycles. The van der Waals surface area contributed by atoms with Crippen molar-refractivity contribution in [3.8, 4) is 0 Å². The first kappa shape index (κ1) is 18.8. The molecule has 24 heavy (non-hydrogen) atoms. The zero-order chi connectivity index (χ0) is 17.5. The largest absolute Gasteiger partial charge is 0.480 e. The molecule has 0 bridgehead atoms. The number of hydrogen-bond acceptors (Lipinski definition) is 4. The zero-order valence-corrected chi connectivity index (χ0v) is 15.2. The Bertz CT molecular complexity index is 549. The van der Waals surface area contributed by atoms with Gasteiger partial charge in [-0.3, -0.25) is 9.59 Å². The Labute approximate surface area is 148 Å². The summed E-state index contributed by atoms with van der Waals surface area (Å²) in [6.07, 6.45) is 6.34. The van der Waals surface area contributed by atoms with Crippen molar-refractivity contribution in [2.45, 2.75) is 62.4 Å². The lowest BCUT2D eigenvalue weighted by Gasteiger charge is -2.23. The molecule has 1 aliphatic carbocycles. The van der Waals surface area contributed by atoms with Gasteiger partial charge in [-0.2, -0.15) is 0 Å². The van der Waals surface area contributed by atoms with Crippen LogP contribution in [0.2, 0.25) is 0 Å². The molecule has 1 aliphatic rings. The molecule has 0 amide bonds. The average molecular weight is 350 g/mol. The van der Waals surface area contributed by atoms with E-state index in [1.807, 2.05) is 12.1 Å². The fourth-order valence-corrected chi connectivity index (χ4v) is 4.15. The Hall–Kier alpha value is -1.49. The molecule has 0 aromatic heterocycles. The van der Waals surface area contributed by atoms with Gasteiger partial charge < -0.3 is 9.84 Å². The Morgan fingerprint density at radius 2 is 1.83 bits per heavy atom. The van der Waals surface area contributed by atoms with Crippen LogP contribution in [0.25, 0.3) is 0 Å². The number of carboxylic acids is 1. The van der Waals surface area contributed by atoms with Crippen molar-refractivity contribution in [3.63, 3.8) is 0 Å². The number of hydrogen-bond donors (Lipinski definition) is 1. The van der Waals surface area contributed by atoms with E-state index in [1.54, 1.807) is 13.8 Å². The minimum absolute atomic E-state index is 0.289. The first-order valence-corrected chi connectivity index (χ1v) is 9.62. The lowest BCUT2D eigenvalue weighted by atomic mass is 9.84. The number of ether oxygens (including phenoxy) is 1. The number of rotatable bonds is 7. The smallest absolute Gasteiger partial charge is 0.323 e. The van der Waals surface area contributed by atoms with E-state index in [1.165, 1.54) is 37.7 Å². The summed E-state index contributed by atoms with van der Waals surface area (Å²) in [5.41, 5.74) is 2.13. The molecule has 2 unspecified atom stereocenters. The fraction of sp³-hybridized carbons (Fsp3) is 0.579. The molecular weight excluding hydrogens is 324 g/mol. The van der Waals surface area contributed by atoms with Crippen molar-refractivity contribution in [1.29, 1.82) is 0 Å².